The van der Waals surface area contributed by atoms with Gasteiger partial charge in [-0.05, 0) is 17.7 Å². The Kier molecular flexibility index (Phi) is 2.55. The summed E-state index contributed by atoms with van der Waals surface area (Å²) in [6.07, 6.45) is 0. The fraction of sp³-hybridized carbons (Fsp3) is 0.125. The zero-order valence-electron chi connectivity index (χ0n) is 11.7. The van der Waals surface area contributed by atoms with E-state index in [9.17, 15) is 0 Å². The standard InChI is InChI=1S/C16H15N5/c1-20-13-4-2-3-5-14(13)21-15(18-19-16(20)21)12-8-6-11(10-17)7-9-12/h2-9H,10,17H2,1H3. The first-order chi connectivity index (χ1) is 10.3. The van der Waals surface area contributed by atoms with E-state index in [0.29, 0.717) is 6.54 Å². The second-order valence-corrected chi connectivity index (χ2v) is 5.11. The SMILES string of the molecule is Cn1c2ccccc2n2c(-c3ccc(CN)cc3)nnc12. The molecule has 0 radical (unpaired) electrons. The van der Waals surface area contributed by atoms with E-state index in [4.69, 9.17) is 5.73 Å². The molecule has 0 saturated heterocycles. The van der Waals surface area contributed by atoms with Gasteiger partial charge in [-0.15, -0.1) is 10.2 Å². The third-order valence-electron chi connectivity index (χ3n) is 3.88. The maximum atomic E-state index is 5.65. The molecule has 0 amide bonds. The highest BCUT2D eigenvalue weighted by atomic mass is 15.3. The van der Waals surface area contributed by atoms with Crippen LogP contribution in [0.2, 0.25) is 0 Å². The number of para-hydroxylation sites is 2. The maximum absolute atomic E-state index is 5.65. The number of nitrogens with zero attached hydrogens (tertiary/aromatic N) is 4. The van der Waals surface area contributed by atoms with Crippen LogP contribution in [-0.4, -0.2) is 19.2 Å². The summed E-state index contributed by atoms with van der Waals surface area (Å²) in [5.41, 5.74) is 10.0. The molecule has 0 bridgehead atoms. The highest BCUT2D eigenvalue weighted by molar-refractivity contribution is 5.83. The number of nitrogens with two attached hydrogens (primary N) is 1. The molecule has 0 saturated carbocycles. The van der Waals surface area contributed by atoms with Gasteiger partial charge in [0.1, 0.15) is 0 Å². The first-order valence-electron chi connectivity index (χ1n) is 6.87. The van der Waals surface area contributed by atoms with E-state index in [1.54, 1.807) is 0 Å². The van der Waals surface area contributed by atoms with Crippen LogP contribution in [-0.2, 0) is 13.6 Å². The third kappa shape index (κ3) is 1.68. The number of hydrogen-bond acceptors (Lipinski definition) is 3. The Balaban J connectivity index is 2.02. The highest BCUT2D eigenvalue weighted by Gasteiger charge is 2.15. The molecule has 4 rings (SSSR count). The van der Waals surface area contributed by atoms with Gasteiger partial charge in [-0.1, -0.05) is 36.4 Å². The fourth-order valence-electron chi connectivity index (χ4n) is 2.74. The van der Waals surface area contributed by atoms with Gasteiger partial charge in [-0.2, -0.15) is 0 Å². The average Bonchev–Trinajstić information content (AvgIpc) is 3.09. The van der Waals surface area contributed by atoms with Crippen LogP contribution in [0, 0.1) is 0 Å². The summed E-state index contributed by atoms with van der Waals surface area (Å²) >= 11 is 0. The number of benzene rings is 2. The molecule has 2 aromatic carbocycles. The number of fused-ring (bicyclic) bond motifs is 3. The number of aromatic nitrogens is 4. The van der Waals surface area contributed by atoms with E-state index in [-0.39, 0.29) is 0 Å². The second kappa shape index (κ2) is 4.43. The zero-order valence-corrected chi connectivity index (χ0v) is 11.7. The summed E-state index contributed by atoms with van der Waals surface area (Å²) in [6, 6.07) is 16.4. The number of aryl methyl sites for hydroxylation is 1. The lowest BCUT2D eigenvalue weighted by atomic mass is 10.1. The third-order valence-corrected chi connectivity index (χ3v) is 3.88. The van der Waals surface area contributed by atoms with Gasteiger partial charge in [0.15, 0.2) is 5.82 Å². The molecule has 4 aromatic rings. The molecular weight excluding hydrogens is 262 g/mol. The molecule has 0 aliphatic rings. The molecule has 5 nitrogen and oxygen atoms in total. The predicted molar refractivity (Wildman–Crippen MR) is 82.8 cm³/mol. The number of imidazole rings is 1. The van der Waals surface area contributed by atoms with Crippen LogP contribution in [0.15, 0.2) is 48.5 Å². The van der Waals surface area contributed by atoms with Gasteiger partial charge in [0, 0.05) is 19.2 Å². The van der Waals surface area contributed by atoms with Crippen LogP contribution >= 0.6 is 0 Å². The molecule has 0 atom stereocenters. The normalized spacial score (nSPS) is 11.5. The topological polar surface area (TPSA) is 61.1 Å². The van der Waals surface area contributed by atoms with Gasteiger partial charge in [-0.3, -0.25) is 4.40 Å². The Morgan fingerprint density at radius 1 is 0.952 bits per heavy atom. The van der Waals surface area contributed by atoms with Crippen molar-refractivity contribution in [3.05, 3.63) is 54.1 Å². The second-order valence-electron chi connectivity index (χ2n) is 5.11. The van der Waals surface area contributed by atoms with Crippen molar-refractivity contribution in [2.45, 2.75) is 6.54 Å². The Morgan fingerprint density at radius 2 is 1.67 bits per heavy atom. The van der Waals surface area contributed by atoms with Gasteiger partial charge in [0.25, 0.3) is 0 Å². The lowest BCUT2D eigenvalue weighted by Gasteiger charge is -2.01. The smallest absolute Gasteiger partial charge is 0.236 e. The summed E-state index contributed by atoms with van der Waals surface area (Å²) in [4.78, 5) is 0. The molecule has 104 valence electrons. The molecule has 0 spiro atoms. The molecule has 0 aliphatic carbocycles. The minimum absolute atomic E-state index is 0.545. The summed E-state index contributed by atoms with van der Waals surface area (Å²) in [5, 5.41) is 8.68. The van der Waals surface area contributed by atoms with Gasteiger partial charge < -0.3 is 10.3 Å². The summed E-state index contributed by atoms with van der Waals surface area (Å²) in [6.45, 7) is 0.545. The van der Waals surface area contributed by atoms with Gasteiger partial charge in [-0.25, -0.2) is 0 Å². The average molecular weight is 277 g/mol. The lowest BCUT2D eigenvalue weighted by molar-refractivity contribution is 0.954. The van der Waals surface area contributed by atoms with Gasteiger partial charge in [0.05, 0.1) is 11.0 Å². The quantitative estimate of drug-likeness (QED) is 0.612. The Hall–Kier alpha value is -2.66. The van der Waals surface area contributed by atoms with Crippen LogP contribution in [0.25, 0.3) is 28.2 Å². The summed E-state index contributed by atoms with van der Waals surface area (Å²) in [7, 11) is 2.01. The molecule has 21 heavy (non-hydrogen) atoms. The summed E-state index contributed by atoms with van der Waals surface area (Å²) < 4.78 is 4.15. The molecule has 5 heteroatoms. The van der Waals surface area contributed by atoms with Crippen molar-refractivity contribution < 1.29 is 0 Å². The minimum Gasteiger partial charge on any atom is -0.326 e. The van der Waals surface area contributed by atoms with Crippen molar-refractivity contribution in [1.29, 1.82) is 0 Å². The molecule has 2 N–H and O–H groups in total. The van der Waals surface area contributed by atoms with Crippen molar-refractivity contribution in [3.63, 3.8) is 0 Å². The van der Waals surface area contributed by atoms with Crippen LogP contribution in [0.3, 0.4) is 0 Å². The number of rotatable bonds is 2. The van der Waals surface area contributed by atoms with Crippen molar-refractivity contribution in [3.8, 4) is 11.4 Å². The Labute approximate surface area is 121 Å². The van der Waals surface area contributed by atoms with Gasteiger partial charge >= 0.3 is 0 Å². The Bertz CT molecular complexity index is 931. The van der Waals surface area contributed by atoms with Crippen LogP contribution in [0.1, 0.15) is 5.56 Å². The maximum Gasteiger partial charge on any atom is 0.236 e. The fourth-order valence-corrected chi connectivity index (χ4v) is 2.74. The molecule has 0 aliphatic heterocycles. The van der Waals surface area contributed by atoms with Crippen LogP contribution in [0.5, 0.6) is 0 Å². The van der Waals surface area contributed by atoms with E-state index in [1.807, 2.05) is 43.4 Å². The van der Waals surface area contributed by atoms with E-state index in [0.717, 1.165) is 33.8 Å². The first kappa shape index (κ1) is 12.1. The van der Waals surface area contributed by atoms with Gasteiger partial charge in [0.2, 0.25) is 5.78 Å². The molecule has 2 heterocycles. The molecule has 0 unspecified atom stereocenters. The summed E-state index contributed by atoms with van der Waals surface area (Å²) in [5.74, 6) is 1.69. The monoisotopic (exact) mass is 277 g/mol. The highest BCUT2D eigenvalue weighted by Crippen LogP contribution is 2.25. The zero-order chi connectivity index (χ0) is 14.4. The van der Waals surface area contributed by atoms with Crippen molar-refractivity contribution in [2.24, 2.45) is 12.8 Å². The number of hydrogen-bond donors (Lipinski definition) is 1. The lowest BCUT2D eigenvalue weighted by Crippen LogP contribution is -1.96. The van der Waals surface area contributed by atoms with Crippen molar-refractivity contribution in [2.75, 3.05) is 0 Å². The van der Waals surface area contributed by atoms with Crippen LogP contribution in [0.4, 0.5) is 0 Å². The van der Waals surface area contributed by atoms with E-state index >= 15 is 0 Å². The first-order valence-corrected chi connectivity index (χ1v) is 6.87. The minimum atomic E-state index is 0.545. The Morgan fingerprint density at radius 3 is 2.38 bits per heavy atom. The van der Waals surface area contributed by atoms with Crippen molar-refractivity contribution in [1.82, 2.24) is 19.2 Å². The molecule has 0 fully saturated rings. The van der Waals surface area contributed by atoms with Crippen molar-refractivity contribution >= 4 is 16.8 Å². The van der Waals surface area contributed by atoms with E-state index < -0.39 is 0 Å². The predicted octanol–water partition coefficient (Wildman–Crippen LogP) is 2.35. The molecular formula is C16H15N5. The van der Waals surface area contributed by atoms with Crippen LogP contribution < -0.4 is 5.73 Å². The van der Waals surface area contributed by atoms with E-state index in [2.05, 4.69) is 31.3 Å². The molecule has 2 aromatic heterocycles. The van der Waals surface area contributed by atoms with E-state index in [1.165, 1.54) is 0 Å². The largest absolute Gasteiger partial charge is 0.326 e.